The Labute approximate surface area is 217 Å². The van der Waals surface area contributed by atoms with Crippen LogP contribution in [-0.2, 0) is 24.8 Å². The number of imidazole rings is 2. The van der Waals surface area contributed by atoms with E-state index >= 15 is 0 Å². The van der Waals surface area contributed by atoms with Crippen LogP contribution in [0, 0.1) is 10.8 Å². The van der Waals surface area contributed by atoms with Gasteiger partial charge in [0.2, 0.25) is 5.91 Å². The lowest BCUT2D eigenvalue weighted by Gasteiger charge is -2.42. The Balaban J connectivity index is 1.35. The van der Waals surface area contributed by atoms with Crippen LogP contribution in [0.5, 0.6) is 0 Å². The molecule has 0 bridgehead atoms. The molecule has 3 aromatic heterocycles. The number of aryl methyl sites for hydroxylation is 1. The van der Waals surface area contributed by atoms with E-state index in [9.17, 15) is 9.59 Å². The number of nitrogens with one attached hydrogen (secondary N) is 2. The maximum absolute atomic E-state index is 13.0. The minimum Gasteiger partial charge on any atom is -0.352 e. The lowest BCUT2D eigenvalue weighted by atomic mass is 9.68. The number of carbonyl (C=O) groups is 1. The van der Waals surface area contributed by atoms with Crippen molar-refractivity contribution in [2.45, 2.75) is 78.8 Å². The standard InChI is InChI=1S/C29H38N6O2/c1-28(2,3)17-35-22-12-11-19(32-26(22)34(6)27(35)37)18-13-14-29(4,5)23(15-18)33-25(36)16-24-30-20-9-7-8-10-21(20)31-24/h7-12,18,23H,13-17H2,1-6H3,(H,30,31)(H,33,36). The van der Waals surface area contributed by atoms with Gasteiger partial charge in [0, 0.05) is 31.2 Å². The molecule has 2 N–H and O–H groups in total. The zero-order chi connectivity index (χ0) is 26.5. The topological polar surface area (TPSA) is 97.6 Å². The van der Waals surface area contributed by atoms with Gasteiger partial charge >= 0.3 is 5.69 Å². The van der Waals surface area contributed by atoms with Gasteiger partial charge < -0.3 is 10.3 Å². The average molecular weight is 503 g/mol. The van der Waals surface area contributed by atoms with Gasteiger partial charge in [-0.05, 0) is 54.4 Å². The summed E-state index contributed by atoms with van der Waals surface area (Å²) in [6.45, 7) is 11.5. The molecule has 1 aliphatic rings. The third kappa shape index (κ3) is 5.06. The molecule has 1 saturated carbocycles. The SMILES string of the molecule is Cn1c(=O)n(CC(C)(C)C)c2ccc(C3CCC(C)(C)C(NC(=O)Cc4nc5ccccc5[nH]4)C3)nc21. The zero-order valence-corrected chi connectivity index (χ0v) is 22.8. The number of pyridine rings is 1. The fraction of sp³-hybridized carbons (Fsp3) is 0.517. The lowest BCUT2D eigenvalue weighted by Crippen LogP contribution is -2.48. The van der Waals surface area contributed by atoms with Crippen LogP contribution >= 0.6 is 0 Å². The molecule has 1 aromatic carbocycles. The summed E-state index contributed by atoms with van der Waals surface area (Å²) in [5, 5.41) is 3.30. The average Bonchev–Trinajstić information content (AvgIpc) is 3.33. The van der Waals surface area contributed by atoms with E-state index in [-0.39, 0.29) is 40.8 Å². The summed E-state index contributed by atoms with van der Waals surface area (Å²) in [4.78, 5) is 38.8. The second-order valence-electron chi connectivity index (χ2n) is 12.5. The van der Waals surface area contributed by atoms with Gasteiger partial charge in [-0.3, -0.25) is 13.9 Å². The quantitative estimate of drug-likeness (QED) is 0.414. The molecule has 8 nitrogen and oxygen atoms in total. The third-order valence-electron chi connectivity index (χ3n) is 7.76. The van der Waals surface area contributed by atoms with Crippen molar-refractivity contribution in [2.75, 3.05) is 0 Å². The van der Waals surface area contributed by atoms with Gasteiger partial charge in [-0.1, -0.05) is 46.8 Å². The van der Waals surface area contributed by atoms with Crippen LogP contribution in [0.25, 0.3) is 22.2 Å². The summed E-state index contributed by atoms with van der Waals surface area (Å²) >= 11 is 0. The maximum Gasteiger partial charge on any atom is 0.330 e. The highest BCUT2D eigenvalue weighted by Gasteiger charge is 2.38. The molecule has 1 amide bonds. The molecule has 4 aromatic rings. The number of fused-ring (bicyclic) bond motifs is 2. The first-order valence-electron chi connectivity index (χ1n) is 13.2. The predicted molar refractivity (Wildman–Crippen MR) is 147 cm³/mol. The Hall–Kier alpha value is -3.42. The fourth-order valence-electron chi connectivity index (χ4n) is 5.59. The predicted octanol–water partition coefficient (Wildman–Crippen LogP) is 4.68. The number of carbonyl (C=O) groups excluding carboxylic acids is 1. The summed E-state index contributed by atoms with van der Waals surface area (Å²) in [5.41, 5.74) is 4.33. The molecule has 0 aliphatic heterocycles. The summed E-state index contributed by atoms with van der Waals surface area (Å²) < 4.78 is 3.49. The molecule has 1 aliphatic carbocycles. The molecule has 2 unspecified atom stereocenters. The van der Waals surface area contributed by atoms with Crippen molar-refractivity contribution >= 4 is 28.1 Å². The van der Waals surface area contributed by atoms with Crippen LogP contribution < -0.4 is 11.0 Å². The van der Waals surface area contributed by atoms with E-state index in [4.69, 9.17) is 4.98 Å². The van der Waals surface area contributed by atoms with Gasteiger partial charge in [0.1, 0.15) is 5.82 Å². The molecule has 5 rings (SSSR count). The fourth-order valence-corrected chi connectivity index (χ4v) is 5.59. The van der Waals surface area contributed by atoms with E-state index in [1.807, 2.05) is 34.9 Å². The van der Waals surface area contributed by atoms with Gasteiger partial charge in [-0.25, -0.2) is 14.8 Å². The number of nitrogens with zero attached hydrogens (tertiary/aromatic N) is 4. The van der Waals surface area contributed by atoms with Crippen LogP contribution in [0.4, 0.5) is 0 Å². The third-order valence-corrected chi connectivity index (χ3v) is 7.76. The highest BCUT2D eigenvalue weighted by Crippen LogP contribution is 2.42. The molecule has 2 atom stereocenters. The number of para-hydroxylation sites is 2. The number of H-pyrrole nitrogens is 1. The second kappa shape index (κ2) is 9.15. The first-order valence-corrected chi connectivity index (χ1v) is 13.2. The molecule has 196 valence electrons. The van der Waals surface area contributed by atoms with Crippen molar-refractivity contribution in [3.8, 4) is 0 Å². The Kier molecular flexibility index (Phi) is 6.24. The van der Waals surface area contributed by atoms with E-state index in [0.717, 1.165) is 47.2 Å². The van der Waals surface area contributed by atoms with Crippen molar-refractivity contribution in [3.63, 3.8) is 0 Å². The minimum atomic E-state index is -0.0323. The van der Waals surface area contributed by atoms with E-state index in [1.54, 1.807) is 11.6 Å². The molecular weight excluding hydrogens is 464 g/mol. The largest absolute Gasteiger partial charge is 0.352 e. The molecule has 0 spiro atoms. The molecule has 8 heteroatoms. The Bertz CT molecular complexity index is 1480. The lowest BCUT2D eigenvalue weighted by molar-refractivity contribution is -0.122. The summed E-state index contributed by atoms with van der Waals surface area (Å²) in [5.74, 6) is 0.870. The number of hydrogen-bond acceptors (Lipinski definition) is 4. The van der Waals surface area contributed by atoms with Crippen molar-refractivity contribution in [2.24, 2.45) is 17.9 Å². The van der Waals surface area contributed by atoms with Gasteiger partial charge in [0.25, 0.3) is 0 Å². The molecule has 3 heterocycles. The second-order valence-corrected chi connectivity index (χ2v) is 12.5. The molecule has 0 saturated heterocycles. The first-order chi connectivity index (χ1) is 17.4. The van der Waals surface area contributed by atoms with Crippen molar-refractivity contribution < 1.29 is 4.79 Å². The zero-order valence-electron chi connectivity index (χ0n) is 22.8. The summed E-state index contributed by atoms with van der Waals surface area (Å²) in [6, 6.07) is 11.9. The molecule has 37 heavy (non-hydrogen) atoms. The maximum atomic E-state index is 13.0. The van der Waals surface area contributed by atoms with E-state index in [1.165, 1.54) is 0 Å². The van der Waals surface area contributed by atoms with Gasteiger partial charge in [-0.15, -0.1) is 0 Å². The van der Waals surface area contributed by atoms with E-state index in [0.29, 0.717) is 12.4 Å². The molecule has 1 fully saturated rings. The van der Waals surface area contributed by atoms with Gasteiger partial charge in [-0.2, -0.15) is 0 Å². The van der Waals surface area contributed by atoms with Gasteiger partial charge in [0.15, 0.2) is 5.65 Å². The molecule has 0 radical (unpaired) electrons. The van der Waals surface area contributed by atoms with Crippen LogP contribution in [-0.4, -0.2) is 36.0 Å². The minimum absolute atomic E-state index is 0.0144. The molecular formula is C29H38N6O2. The number of hydrogen-bond donors (Lipinski definition) is 2. The number of aromatic nitrogens is 5. The van der Waals surface area contributed by atoms with Crippen molar-refractivity contribution in [3.05, 3.63) is 58.4 Å². The summed E-state index contributed by atoms with van der Waals surface area (Å²) in [7, 11) is 1.80. The van der Waals surface area contributed by atoms with E-state index < -0.39 is 0 Å². The Morgan fingerprint density at radius 1 is 1.16 bits per heavy atom. The first kappa shape index (κ1) is 25.2. The van der Waals surface area contributed by atoms with Crippen molar-refractivity contribution in [1.82, 2.24) is 29.4 Å². The van der Waals surface area contributed by atoms with Crippen LogP contribution in [0.3, 0.4) is 0 Å². The monoisotopic (exact) mass is 502 g/mol. The van der Waals surface area contributed by atoms with Crippen molar-refractivity contribution in [1.29, 1.82) is 0 Å². The van der Waals surface area contributed by atoms with Gasteiger partial charge in [0.05, 0.1) is 23.0 Å². The highest BCUT2D eigenvalue weighted by atomic mass is 16.2. The van der Waals surface area contributed by atoms with Crippen LogP contribution in [0.15, 0.2) is 41.2 Å². The van der Waals surface area contributed by atoms with Crippen LogP contribution in [0.2, 0.25) is 0 Å². The Morgan fingerprint density at radius 2 is 1.92 bits per heavy atom. The smallest absolute Gasteiger partial charge is 0.330 e. The normalized spacial score (nSPS) is 19.9. The number of amides is 1. The number of aromatic amines is 1. The van der Waals surface area contributed by atoms with E-state index in [2.05, 4.69) is 56.0 Å². The van der Waals surface area contributed by atoms with Crippen LogP contribution in [0.1, 0.15) is 71.3 Å². The number of benzene rings is 1. The Morgan fingerprint density at radius 3 is 2.65 bits per heavy atom. The highest BCUT2D eigenvalue weighted by molar-refractivity contribution is 5.80. The number of rotatable bonds is 5. The summed E-state index contributed by atoms with van der Waals surface area (Å²) in [6.07, 6.45) is 3.02.